The predicted octanol–water partition coefficient (Wildman–Crippen LogP) is 3.96. The van der Waals surface area contributed by atoms with Gasteiger partial charge in [-0.05, 0) is 42.8 Å². The highest BCUT2D eigenvalue weighted by atomic mass is 79.9. The van der Waals surface area contributed by atoms with Crippen LogP contribution in [-0.2, 0) is 0 Å². The van der Waals surface area contributed by atoms with Gasteiger partial charge in [-0.25, -0.2) is 0 Å². The summed E-state index contributed by atoms with van der Waals surface area (Å²) in [6.45, 7) is 7.61. The molecule has 1 N–H and O–H groups in total. The van der Waals surface area contributed by atoms with E-state index in [1.807, 2.05) is 6.07 Å². The molecular weight excluding hydrogens is 414 g/mol. The minimum atomic E-state index is -0.130. The van der Waals surface area contributed by atoms with Crippen LogP contribution in [0.1, 0.15) is 15.9 Å². The Morgan fingerprint density at radius 2 is 1.92 bits per heavy atom. The van der Waals surface area contributed by atoms with E-state index >= 15 is 0 Å². The third-order valence-electron chi connectivity index (χ3n) is 4.63. The third kappa shape index (κ3) is 5.00. The van der Waals surface area contributed by atoms with Gasteiger partial charge in [0.2, 0.25) is 0 Å². The number of amides is 1. The van der Waals surface area contributed by atoms with Crippen molar-refractivity contribution >= 4 is 39.1 Å². The number of rotatable bonds is 5. The maximum atomic E-state index is 12.3. The van der Waals surface area contributed by atoms with E-state index < -0.39 is 0 Å². The minimum absolute atomic E-state index is 0.130. The molecular formula is C20H23BrClN3O. The molecule has 0 atom stereocenters. The van der Waals surface area contributed by atoms with Crippen LogP contribution in [0.25, 0.3) is 0 Å². The van der Waals surface area contributed by atoms with Gasteiger partial charge < -0.3 is 10.2 Å². The molecule has 2 aromatic carbocycles. The van der Waals surface area contributed by atoms with Gasteiger partial charge in [0, 0.05) is 49.4 Å². The van der Waals surface area contributed by atoms with Crippen molar-refractivity contribution in [3.63, 3.8) is 0 Å². The monoisotopic (exact) mass is 435 g/mol. The molecule has 0 aromatic heterocycles. The molecule has 26 heavy (non-hydrogen) atoms. The van der Waals surface area contributed by atoms with E-state index in [1.54, 1.807) is 12.1 Å². The summed E-state index contributed by atoms with van der Waals surface area (Å²) in [7, 11) is 0. The van der Waals surface area contributed by atoms with Crippen molar-refractivity contribution in [3.05, 3.63) is 63.1 Å². The number of hydrogen-bond acceptors (Lipinski definition) is 3. The molecule has 0 spiro atoms. The Morgan fingerprint density at radius 1 is 1.15 bits per heavy atom. The zero-order valence-corrected chi connectivity index (χ0v) is 17.2. The van der Waals surface area contributed by atoms with Gasteiger partial charge in [0.05, 0.1) is 10.6 Å². The van der Waals surface area contributed by atoms with Crippen LogP contribution >= 0.6 is 27.5 Å². The second-order valence-corrected chi connectivity index (χ2v) is 7.87. The topological polar surface area (TPSA) is 35.6 Å². The molecule has 0 saturated carbocycles. The van der Waals surface area contributed by atoms with E-state index in [1.165, 1.54) is 11.3 Å². The summed E-state index contributed by atoms with van der Waals surface area (Å²) >= 11 is 9.48. The van der Waals surface area contributed by atoms with Crippen molar-refractivity contribution in [2.45, 2.75) is 6.92 Å². The van der Waals surface area contributed by atoms with Crippen LogP contribution in [0.5, 0.6) is 0 Å². The first-order valence-corrected chi connectivity index (χ1v) is 9.97. The molecule has 1 heterocycles. The molecule has 0 bridgehead atoms. The molecule has 0 radical (unpaired) electrons. The summed E-state index contributed by atoms with van der Waals surface area (Å²) in [5, 5.41) is 3.44. The number of nitrogens with one attached hydrogen (secondary N) is 1. The Hall–Kier alpha value is -1.56. The molecule has 4 nitrogen and oxygen atoms in total. The lowest BCUT2D eigenvalue weighted by Crippen LogP contribution is -2.48. The smallest absolute Gasteiger partial charge is 0.252 e. The molecule has 138 valence electrons. The van der Waals surface area contributed by atoms with Crippen LogP contribution in [-0.4, -0.2) is 50.1 Å². The molecule has 1 aliphatic rings. The minimum Gasteiger partial charge on any atom is -0.369 e. The summed E-state index contributed by atoms with van der Waals surface area (Å²) in [5.41, 5.74) is 3.09. The van der Waals surface area contributed by atoms with Gasteiger partial charge in [-0.3, -0.25) is 9.69 Å². The van der Waals surface area contributed by atoms with Crippen LogP contribution in [0.4, 0.5) is 5.69 Å². The van der Waals surface area contributed by atoms with E-state index in [9.17, 15) is 4.79 Å². The SMILES string of the molecule is Cc1cccc(N2CCN(CCNC(=O)c3cc(Br)ccc3Cl)CC2)c1. The summed E-state index contributed by atoms with van der Waals surface area (Å²) < 4.78 is 0.847. The van der Waals surface area contributed by atoms with Gasteiger partial charge in [0.1, 0.15) is 0 Å². The van der Waals surface area contributed by atoms with Gasteiger partial charge >= 0.3 is 0 Å². The first kappa shape index (κ1) is 19.2. The van der Waals surface area contributed by atoms with Crippen LogP contribution < -0.4 is 10.2 Å². The average molecular weight is 437 g/mol. The number of piperazine rings is 1. The first-order valence-electron chi connectivity index (χ1n) is 8.80. The fourth-order valence-corrected chi connectivity index (χ4v) is 3.71. The Morgan fingerprint density at radius 3 is 2.65 bits per heavy atom. The van der Waals surface area contributed by atoms with Crippen molar-refractivity contribution < 1.29 is 4.79 Å². The van der Waals surface area contributed by atoms with E-state index in [4.69, 9.17) is 11.6 Å². The molecule has 0 aliphatic carbocycles. The summed E-state index contributed by atoms with van der Waals surface area (Å²) in [6.07, 6.45) is 0. The largest absolute Gasteiger partial charge is 0.369 e. The molecule has 3 rings (SSSR count). The third-order valence-corrected chi connectivity index (χ3v) is 5.45. The molecule has 1 saturated heterocycles. The second kappa shape index (κ2) is 8.89. The molecule has 1 amide bonds. The van der Waals surface area contributed by atoms with Gasteiger partial charge in [0.25, 0.3) is 5.91 Å². The van der Waals surface area contributed by atoms with Crippen molar-refractivity contribution in [3.8, 4) is 0 Å². The van der Waals surface area contributed by atoms with E-state index in [0.29, 0.717) is 17.1 Å². The molecule has 6 heteroatoms. The van der Waals surface area contributed by atoms with Gasteiger partial charge in [0.15, 0.2) is 0 Å². The fraction of sp³-hybridized carbons (Fsp3) is 0.350. The van der Waals surface area contributed by atoms with E-state index in [0.717, 1.165) is 37.2 Å². The predicted molar refractivity (Wildman–Crippen MR) is 111 cm³/mol. The Bertz CT molecular complexity index is 775. The number of anilines is 1. The standard InChI is InChI=1S/C20H23BrClN3O/c1-15-3-2-4-17(13-15)25-11-9-24(10-12-25)8-7-23-20(26)18-14-16(21)5-6-19(18)22/h2-6,13-14H,7-12H2,1H3,(H,23,26). The highest BCUT2D eigenvalue weighted by Crippen LogP contribution is 2.21. The van der Waals surface area contributed by atoms with Crippen molar-refractivity contribution in [2.24, 2.45) is 0 Å². The lowest BCUT2D eigenvalue weighted by molar-refractivity contribution is 0.0948. The maximum absolute atomic E-state index is 12.3. The normalized spacial score (nSPS) is 15.1. The summed E-state index contributed by atoms with van der Waals surface area (Å²) in [6, 6.07) is 13.9. The first-order chi connectivity index (χ1) is 12.5. The molecule has 1 fully saturated rings. The highest BCUT2D eigenvalue weighted by Gasteiger charge is 2.17. The summed E-state index contributed by atoms with van der Waals surface area (Å²) in [5.74, 6) is -0.130. The maximum Gasteiger partial charge on any atom is 0.252 e. The summed E-state index contributed by atoms with van der Waals surface area (Å²) in [4.78, 5) is 17.1. The second-order valence-electron chi connectivity index (χ2n) is 6.55. The van der Waals surface area contributed by atoms with Gasteiger partial charge in [-0.2, -0.15) is 0 Å². The highest BCUT2D eigenvalue weighted by molar-refractivity contribution is 9.10. The molecule has 2 aromatic rings. The average Bonchev–Trinajstić information content (AvgIpc) is 2.64. The van der Waals surface area contributed by atoms with Crippen LogP contribution in [0.3, 0.4) is 0 Å². The van der Waals surface area contributed by atoms with Crippen molar-refractivity contribution in [2.75, 3.05) is 44.2 Å². The van der Waals surface area contributed by atoms with Gasteiger partial charge in [-0.15, -0.1) is 0 Å². The quantitative estimate of drug-likeness (QED) is 0.770. The number of benzene rings is 2. The van der Waals surface area contributed by atoms with E-state index in [-0.39, 0.29) is 5.91 Å². The van der Waals surface area contributed by atoms with Crippen LogP contribution in [0.2, 0.25) is 5.02 Å². The zero-order chi connectivity index (χ0) is 18.5. The number of halogens is 2. The zero-order valence-electron chi connectivity index (χ0n) is 14.8. The molecule has 0 unspecified atom stereocenters. The number of carbonyl (C=O) groups excluding carboxylic acids is 1. The Labute approximate surface area is 168 Å². The number of nitrogens with zero attached hydrogens (tertiary/aromatic N) is 2. The van der Waals surface area contributed by atoms with Crippen LogP contribution in [0.15, 0.2) is 46.9 Å². The van der Waals surface area contributed by atoms with Crippen molar-refractivity contribution in [1.82, 2.24) is 10.2 Å². The van der Waals surface area contributed by atoms with E-state index in [2.05, 4.69) is 62.2 Å². The Balaban J connectivity index is 1.44. The van der Waals surface area contributed by atoms with Crippen LogP contribution in [0, 0.1) is 6.92 Å². The number of aryl methyl sites for hydroxylation is 1. The molecule has 1 aliphatic heterocycles. The van der Waals surface area contributed by atoms with Gasteiger partial charge in [-0.1, -0.05) is 39.7 Å². The number of hydrogen-bond donors (Lipinski definition) is 1. The lowest BCUT2D eigenvalue weighted by atomic mass is 10.2. The Kier molecular flexibility index (Phi) is 6.57. The van der Waals surface area contributed by atoms with Crippen molar-refractivity contribution in [1.29, 1.82) is 0 Å². The lowest BCUT2D eigenvalue weighted by Gasteiger charge is -2.36. The number of carbonyl (C=O) groups is 1. The fourth-order valence-electron chi connectivity index (χ4n) is 3.15.